The molecular weight excluding hydrogens is 450 g/mol. The number of hydrogen-bond donors (Lipinski definition) is 1. The first-order valence-electron chi connectivity index (χ1n) is 11.0. The van der Waals surface area contributed by atoms with Crippen LogP contribution in [0.1, 0.15) is 47.6 Å². The van der Waals surface area contributed by atoms with Gasteiger partial charge >= 0.3 is 0 Å². The van der Waals surface area contributed by atoms with E-state index in [1.165, 1.54) is 5.01 Å². The van der Waals surface area contributed by atoms with Crippen molar-refractivity contribution in [3.05, 3.63) is 59.4 Å². The van der Waals surface area contributed by atoms with E-state index in [0.717, 1.165) is 24.1 Å². The molecule has 1 aromatic heterocycles. The van der Waals surface area contributed by atoms with Gasteiger partial charge in [-0.3, -0.25) is 4.79 Å². The molecule has 35 heavy (non-hydrogen) atoms. The molecule has 1 unspecified atom stereocenters. The van der Waals surface area contributed by atoms with Gasteiger partial charge in [0.2, 0.25) is 11.9 Å². The summed E-state index contributed by atoms with van der Waals surface area (Å²) in [7, 11) is 1.60. The molecule has 0 fully saturated rings. The van der Waals surface area contributed by atoms with Crippen molar-refractivity contribution in [2.45, 2.75) is 25.8 Å². The molecule has 2 heterocycles. The Morgan fingerprint density at radius 3 is 2.77 bits per heavy atom. The molecule has 4 rings (SSSR count). The number of nitrogens with one attached hydrogen (secondary N) is 1. The predicted octanol–water partition coefficient (Wildman–Crippen LogP) is 3.60. The number of azo groups is 1. The van der Waals surface area contributed by atoms with E-state index in [0.29, 0.717) is 35.9 Å². The zero-order chi connectivity index (χ0) is 24.6. The van der Waals surface area contributed by atoms with Crippen molar-refractivity contribution in [1.82, 2.24) is 25.6 Å². The number of tetrazole rings is 1. The highest BCUT2D eigenvalue weighted by Gasteiger charge is 2.21. The first kappa shape index (κ1) is 23.5. The van der Waals surface area contributed by atoms with Gasteiger partial charge in [-0.1, -0.05) is 5.21 Å². The van der Waals surface area contributed by atoms with Crippen LogP contribution in [0, 0.1) is 11.3 Å². The summed E-state index contributed by atoms with van der Waals surface area (Å²) < 4.78 is 11.0. The number of aromatic nitrogens is 4. The van der Waals surface area contributed by atoms with Crippen molar-refractivity contribution >= 4 is 17.3 Å². The summed E-state index contributed by atoms with van der Waals surface area (Å²) in [6, 6.07) is 13.2. The van der Waals surface area contributed by atoms with E-state index < -0.39 is 6.04 Å². The average Bonchev–Trinajstić information content (AvgIpc) is 3.44. The van der Waals surface area contributed by atoms with E-state index in [2.05, 4.69) is 36.0 Å². The Morgan fingerprint density at radius 2 is 2.09 bits per heavy atom. The minimum absolute atomic E-state index is 0.132. The standard InChI is InChI=1S/C23H23N9O3/c1-3-35-21-13-16(8-11-20(21)34-2)18-5-4-12-32(29-18)23(33)15-6-9-17(10-7-15)25-26-19(14-24)22-27-30-31-28-22/h6-11,13,19H,3-5,12H2,1-2H3,(H,27,28,30,31). The summed E-state index contributed by atoms with van der Waals surface area (Å²) in [5.74, 6) is 1.20. The summed E-state index contributed by atoms with van der Waals surface area (Å²) in [5, 5.41) is 36.4. The Balaban J connectivity index is 1.48. The molecule has 1 N–H and O–H groups in total. The second kappa shape index (κ2) is 11.0. The van der Waals surface area contributed by atoms with Gasteiger partial charge in [0.15, 0.2) is 11.5 Å². The van der Waals surface area contributed by atoms with Gasteiger partial charge in [-0.15, -0.1) is 10.2 Å². The van der Waals surface area contributed by atoms with Gasteiger partial charge < -0.3 is 9.47 Å². The quantitative estimate of drug-likeness (QED) is 0.490. The second-order valence-electron chi connectivity index (χ2n) is 7.44. The lowest BCUT2D eigenvalue weighted by molar-refractivity contribution is 0.0751. The predicted molar refractivity (Wildman–Crippen MR) is 124 cm³/mol. The van der Waals surface area contributed by atoms with Crippen molar-refractivity contribution in [2.24, 2.45) is 15.3 Å². The number of amides is 1. The zero-order valence-electron chi connectivity index (χ0n) is 19.2. The average molecular weight is 473 g/mol. The molecule has 0 saturated carbocycles. The van der Waals surface area contributed by atoms with E-state index in [9.17, 15) is 10.1 Å². The van der Waals surface area contributed by atoms with Gasteiger partial charge in [-0.25, -0.2) is 5.01 Å². The molecular formula is C23H23N9O3. The Hall–Kier alpha value is -4.66. The number of H-pyrrole nitrogens is 1. The minimum Gasteiger partial charge on any atom is -0.493 e. The van der Waals surface area contributed by atoms with Gasteiger partial charge in [0.25, 0.3) is 5.91 Å². The van der Waals surface area contributed by atoms with Gasteiger partial charge in [0, 0.05) is 17.7 Å². The highest BCUT2D eigenvalue weighted by Crippen LogP contribution is 2.30. The SMILES string of the molecule is CCOc1cc(C2=NN(C(=O)c3ccc(N=NC(C#N)c4nn[nH]n4)cc3)CCC2)ccc1OC. The Morgan fingerprint density at radius 1 is 1.26 bits per heavy atom. The molecule has 2 aromatic carbocycles. The third-order valence-corrected chi connectivity index (χ3v) is 5.19. The number of hydrogen-bond acceptors (Lipinski definition) is 10. The molecule has 1 aliphatic rings. The summed E-state index contributed by atoms with van der Waals surface area (Å²) in [4.78, 5) is 13.1. The number of carbonyl (C=O) groups is 1. The fourth-order valence-corrected chi connectivity index (χ4v) is 3.48. The first-order chi connectivity index (χ1) is 17.1. The number of carbonyl (C=O) groups excluding carboxylic acids is 1. The topological polar surface area (TPSA) is 154 Å². The number of nitrogens with zero attached hydrogens (tertiary/aromatic N) is 8. The molecule has 1 atom stereocenters. The number of rotatable bonds is 8. The number of ether oxygens (including phenoxy) is 2. The lowest BCUT2D eigenvalue weighted by Gasteiger charge is -2.24. The lowest BCUT2D eigenvalue weighted by Crippen LogP contribution is -2.32. The Kier molecular flexibility index (Phi) is 7.37. The van der Waals surface area contributed by atoms with Crippen LogP contribution in [0.5, 0.6) is 11.5 Å². The molecule has 0 bridgehead atoms. The van der Waals surface area contributed by atoms with E-state index in [1.807, 2.05) is 31.2 Å². The highest BCUT2D eigenvalue weighted by molar-refractivity contribution is 6.03. The van der Waals surface area contributed by atoms with Crippen LogP contribution in [0.2, 0.25) is 0 Å². The molecule has 12 heteroatoms. The number of aromatic amines is 1. The Labute approximate surface area is 201 Å². The van der Waals surface area contributed by atoms with E-state index in [1.54, 1.807) is 31.4 Å². The molecule has 0 aliphatic carbocycles. The van der Waals surface area contributed by atoms with Crippen molar-refractivity contribution < 1.29 is 14.3 Å². The maximum atomic E-state index is 13.1. The number of methoxy groups -OCH3 is 1. The van der Waals surface area contributed by atoms with Gasteiger partial charge in [-0.05, 0) is 62.2 Å². The molecule has 0 radical (unpaired) electrons. The van der Waals surface area contributed by atoms with Crippen LogP contribution in [0.25, 0.3) is 0 Å². The van der Waals surface area contributed by atoms with Crippen LogP contribution in [-0.4, -0.2) is 57.5 Å². The second-order valence-corrected chi connectivity index (χ2v) is 7.44. The highest BCUT2D eigenvalue weighted by atomic mass is 16.5. The van der Waals surface area contributed by atoms with Gasteiger partial charge in [-0.2, -0.15) is 25.8 Å². The summed E-state index contributed by atoms with van der Waals surface area (Å²) in [6.07, 6.45) is 1.54. The molecule has 3 aromatic rings. The van der Waals surface area contributed by atoms with Crippen LogP contribution in [0.15, 0.2) is 57.8 Å². The van der Waals surface area contributed by atoms with Crippen molar-refractivity contribution in [3.8, 4) is 17.6 Å². The molecule has 12 nitrogen and oxygen atoms in total. The van der Waals surface area contributed by atoms with Crippen molar-refractivity contribution in [2.75, 3.05) is 20.3 Å². The monoisotopic (exact) mass is 473 g/mol. The fourth-order valence-electron chi connectivity index (χ4n) is 3.48. The lowest BCUT2D eigenvalue weighted by atomic mass is 10.0. The fraction of sp³-hybridized carbons (Fsp3) is 0.304. The third-order valence-electron chi connectivity index (χ3n) is 5.19. The number of hydrazone groups is 1. The molecule has 1 amide bonds. The smallest absolute Gasteiger partial charge is 0.273 e. The van der Waals surface area contributed by atoms with Crippen LogP contribution in [-0.2, 0) is 0 Å². The third kappa shape index (κ3) is 5.47. The number of benzene rings is 2. The van der Waals surface area contributed by atoms with Gasteiger partial charge in [0.1, 0.15) is 0 Å². The number of nitriles is 1. The van der Waals surface area contributed by atoms with Crippen LogP contribution in [0.3, 0.4) is 0 Å². The normalized spacial score (nSPS) is 14.3. The van der Waals surface area contributed by atoms with Crippen molar-refractivity contribution in [3.63, 3.8) is 0 Å². The van der Waals surface area contributed by atoms with E-state index in [-0.39, 0.29) is 11.7 Å². The first-order valence-corrected chi connectivity index (χ1v) is 11.0. The van der Waals surface area contributed by atoms with E-state index in [4.69, 9.17) is 9.47 Å². The van der Waals surface area contributed by atoms with Crippen LogP contribution in [0.4, 0.5) is 5.69 Å². The van der Waals surface area contributed by atoms with Crippen molar-refractivity contribution in [1.29, 1.82) is 5.26 Å². The maximum absolute atomic E-state index is 13.1. The van der Waals surface area contributed by atoms with Crippen LogP contribution >= 0.6 is 0 Å². The molecule has 0 spiro atoms. The molecule has 0 saturated heterocycles. The van der Waals surface area contributed by atoms with Crippen LogP contribution < -0.4 is 9.47 Å². The molecule has 1 aliphatic heterocycles. The van der Waals surface area contributed by atoms with E-state index >= 15 is 0 Å². The summed E-state index contributed by atoms with van der Waals surface area (Å²) in [5.41, 5.74) is 2.64. The molecule has 178 valence electrons. The van der Waals surface area contributed by atoms with Gasteiger partial charge in [0.05, 0.1) is 31.2 Å². The largest absolute Gasteiger partial charge is 0.493 e. The Bertz CT molecular complexity index is 1260. The minimum atomic E-state index is -0.975. The zero-order valence-corrected chi connectivity index (χ0v) is 19.2. The summed E-state index contributed by atoms with van der Waals surface area (Å²) in [6.45, 7) is 2.95. The maximum Gasteiger partial charge on any atom is 0.273 e. The summed E-state index contributed by atoms with van der Waals surface area (Å²) >= 11 is 0.